The Labute approximate surface area is 395 Å². The molecule has 20 unspecified atom stereocenters. The van der Waals surface area contributed by atoms with Crippen molar-refractivity contribution in [2.24, 2.45) is 35.0 Å². The van der Waals surface area contributed by atoms with Crippen LogP contribution in [0.4, 0.5) is 0 Å². The van der Waals surface area contributed by atoms with Crippen molar-refractivity contribution in [3.05, 3.63) is 0 Å². The Morgan fingerprint density at radius 2 is 1.09 bits per heavy atom. The molecule has 68 heavy (non-hydrogen) atoms. The van der Waals surface area contributed by atoms with Gasteiger partial charge in [-0.2, -0.15) is 0 Å². The zero-order valence-corrected chi connectivity index (χ0v) is 39.7. The van der Waals surface area contributed by atoms with Gasteiger partial charge in [-0.05, 0) is 42.9 Å². The first-order chi connectivity index (χ1) is 31.8. The van der Waals surface area contributed by atoms with E-state index < -0.39 is 219 Å². The van der Waals surface area contributed by atoms with Crippen LogP contribution in [0.2, 0.25) is 0 Å². The number of aliphatic hydroxyl groups is 11. The predicted molar refractivity (Wildman–Crippen MR) is 232 cm³/mol. The summed E-state index contributed by atoms with van der Waals surface area (Å²) < 4.78 is 26.7. The first-order valence-electron chi connectivity index (χ1n) is 23.4. The minimum absolute atomic E-state index is 0.650. The smallest absolute Gasteiger partial charge is 0.336 e. The maximum absolute atomic E-state index is 14.5. The van der Waals surface area contributed by atoms with E-state index in [0.717, 1.165) is 13.8 Å². The molecule has 16 N–H and O–H groups in total. The molecule has 0 bridgehead atoms. The number of rotatable bonds is 22. The van der Waals surface area contributed by atoms with Crippen molar-refractivity contribution in [2.45, 2.75) is 197 Å². The summed E-state index contributed by atoms with van der Waals surface area (Å²) in [5, 5.41) is 160. The lowest BCUT2D eigenvalue weighted by molar-refractivity contribution is -0.286. The minimum Gasteiger partial charge on any atom is -0.479 e. The molecule has 3 aliphatic heterocycles. The summed E-state index contributed by atoms with van der Waals surface area (Å²) >= 11 is 0. The molecule has 394 valence electrons. The van der Waals surface area contributed by atoms with Gasteiger partial charge in [0.15, 0.2) is 16.8 Å². The molecule has 0 aliphatic carbocycles. The Morgan fingerprint density at radius 3 is 1.46 bits per heavy atom. The maximum atomic E-state index is 14.5. The van der Waals surface area contributed by atoms with E-state index in [9.17, 15) is 95.5 Å². The zero-order chi connectivity index (χ0) is 53.0. The van der Waals surface area contributed by atoms with Crippen LogP contribution in [0.3, 0.4) is 0 Å². The van der Waals surface area contributed by atoms with Gasteiger partial charge < -0.3 is 96.3 Å². The minimum atomic E-state index is -3.00. The van der Waals surface area contributed by atoms with Gasteiger partial charge in [0.2, 0.25) is 11.8 Å². The van der Waals surface area contributed by atoms with Crippen LogP contribution in [0.15, 0.2) is 0 Å². The van der Waals surface area contributed by atoms with Gasteiger partial charge in [-0.15, -0.1) is 0 Å². The zero-order valence-electron chi connectivity index (χ0n) is 40.7. The highest BCUT2D eigenvalue weighted by Gasteiger charge is 2.69. The second-order valence-corrected chi connectivity index (χ2v) is 20.2. The van der Waals surface area contributed by atoms with Gasteiger partial charge >= 0.3 is 17.9 Å². The summed E-state index contributed by atoms with van der Waals surface area (Å²) in [4.78, 5) is 67.4. The van der Waals surface area contributed by atoms with Crippen molar-refractivity contribution < 1.29 is 111 Å². The van der Waals surface area contributed by atoms with Crippen LogP contribution in [0, 0.1) is 35.0 Å². The Hall–Kier alpha value is -3.21. The highest BCUT2D eigenvalue weighted by molar-refractivity contribution is 5.81. The summed E-state index contributed by atoms with van der Waals surface area (Å²) in [7, 11) is 0. The maximum Gasteiger partial charge on any atom is 0.336 e. The molecule has 3 fully saturated rings. The van der Waals surface area contributed by atoms with Crippen molar-refractivity contribution >= 4 is 29.7 Å². The van der Waals surface area contributed by atoms with Crippen LogP contribution < -0.4 is 10.6 Å². The molecule has 3 rings (SSSR count). The Kier molecular flexibility index (Phi) is 19.3. The quantitative estimate of drug-likeness (QED) is 0.0492. The predicted octanol–water partition coefficient (Wildman–Crippen LogP) is -3.95. The van der Waals surface area contributed by atoms with Crippen LogP contribution >= 0.6 is 0 Å². The Balaban J connectivity index is 2.65. The van der Waals surface area contributed by atoms with Gasteiger partial charge in [0.05, 0.1) is 55.8 Å². The van der Waals surface area contributed by atoms with E-state index in [1.807, 2.05) is 0 Å². The van der Waals surface area contributed by atoms with E-state index in [1.54, 1.807) is 27.7 Å². The van der Waals surface area contributed by atoms with E-state index in [2.05, 4.69) is 10.6 Å². The second-order valence-electron chi connectivity index (χ2n) is 20.2. The molecule has 24 nitrogen and oxygen atoms in total. The van der Waals surface area contributed by atoms with Crippen molar-refractivity contribution in [3.8, 4) is 0 Å². The number of carboxylic acids is 3. The lowest BCUT2D eigenvalue weighted by atomic mass is 9.50. The standard InChI is InChI=1S/C44H76N2O22/c1-17(2)29(18(3)4)41(9,16-43(39(62)63)11-25(54)31(46-22(8)51)37(67-43)34(59)27(56)15-48)28(44(40(64)65)12-23(52)19(5)35(68-44)32(57)20(6)49)13-42(38(60)61)10-24(53)30(45-21(7)50)36(66-42)33(58)26(55)14-47/h17-20,23-37,47-49,52-59H,10-16H2,1-9H3,(H,45,50)(H,46,51)(H,60,61)(H,62,63)(H,64,65)/i6D. The number of aliphatic carboxylic acids is 3. The monoisotopic (exact) mass is 985 g/mol. The summed E-state index contributed by atoms with van der Waals surface area (Å²) in [6, 6.07) is -3.33. The van der Waals surface area contributed by atoms with Crippen molar-refractivity contribution in [1.82, 2.24) is 10.6 Å². The number of carboxylic acid groups (broad SMARTS) is 3. The van der Waals surface area contributed by atoms with Crippen molar-refractivity contribution in [2.75, 3.05) is 13.2 Å². The molecule has 20 atom stereocenters. The van der Waals surface area contributed by atoms with E-state index in [-0.39, 0.29) is 0 Å². The highest BCUT2D eigenvalue weighted by atomic mass is 16.6. The lowest BCUT2D eigenvalue weighted by Gasteiger charge is -2.60. The summed E-state index contributed by atoms with van der Waals surface area (Å²) in [6.07, 6.45) is -29.4. The molecular weight excluding hydrogens is 908 g/mol. The van der Waals surface area contributed by atoms with Crippen LogP contribution in [0.1, 0.15) is 95.8 Å². The molecule has 24 heteroatoms. The molecule has 0 aromatic rings. The number of ether oxygens (including phenoxy) is 3. The molecule has 0 spiro atoms. The fourth-order valence-corrected chi connectivity index (χ4v) is 11.7. The van der Waals surface area contributed by atoms with E-state index in [1.165, 1.54) is 13.8 Å². The second kappa shape index (κ2) is 22.9. The largest absolute Gasteiger partial charge is 0.479 e. The van der Waals surface area contributed by atoms with Crippen LogP contribution in [-0.4, -0.2) is 217 Å². The molecule has 3 aliphatic rings. The third-order valence-corrected chi connectivity index (χ3v) is 14.5. The van der Waals surface area contributed by atoms with E-state index in [0.29, 0.717) is 0 Å². The number of aliphatic hydroxyl groups excluding tert-OH is 11. The molecular formula is C44H76N2O22. The van der Waals surface area contributed by atoms with Gasteiger partial charge in [0.1, 0.15) is 42.7 Å². The van der Waals surface area contributed by atoms with Crippen LogP contribution in [0.5, 0.6) is 0 Å². The first-order valence-corrected chi connectivity index (χ1v) is 22.7. The average molecular weight is 986 g/mol. The van der Waals surface area contributed by atoms with Gasteiger partial charge in [-0.1, -0.05) is 41.5 Å². The molecule has 2 amide bonds. The molecule has 0 aromatic carbocycles. The molecule has 0 aromatic heterocycles. The average Bonchev–Trinajstić information content (AvgIpc) is 3.25. The van der Waals surface area contributed by atoms with E-state index in [4.69, 9.17) is 15.6 Å². The Morgan fingerprint density at radius 1 is 0.662 bits per heavy atom. The number of hydrogen-bond acceptors (Lipinski definition) is 19. The van der Waals surface area contributed by atoms with Crippen LogP contribution in [0.25, 0.3) is 0 Å². The molecule has 3 saturated heterocycles. The number of carbonyl (C=O) groups is 5. The lowest BCUT2D eigenvalue weighted by Crippen LogP contribution is -2.72. The van der Waals surface area contributed by atoms with Gasteiger partial charge in [-0.25, -0.2) is 14.4 Å². The number of amides is 2. The third kappa shape index (κ3) is 11.9. The van der Waals surface area contributed by atoms with Crippen molar-refractivity contribution in [3.63, 3.8) is 0 Å². The topological polar surface area (TPSA) is 420 Å². The highest BCUT2D eigenvalue weighted by Crippen LogP contribution is 2.60. The summed E-state index contributed by atoms with van der Waals surface area (Å²) in [5.41, 5.74) is -10.9. The Bertz CT molecular complexity index is 1770. The third-order valence-electron chi connectivity index (χ3n) is 14.5. The molecule has 0 saturated carbocycles. The van der Waals surface area contributed by atoms with Gasteiger partial charge in [0, 0.05) is 46.3 Å². The van der Waals surface area contributed by atoms with E-state index >= 15 is 0 Å². The summed E-state index contributed by atoms with van der Waals surface area (Å²) in [6.45, 7) is 8.29. The number of hydrogen-bond donors (Lipinski definition) is 16. The number of nitrogens with one attached hydrogen (secondary N) is 2. The molecule has 0 radical (unpaired) electrons. The molecule has 3 heterocycles. The number of carbonyl (C=O) groups excluding carboxylic acids is 2. The SMILES string of the molecule is [2H]CC(O)C(O)C1OC(C(=O)O)(C(CC2(C(=O)O)CC(O)C(NC(C)=O)C(C(O)C(O)CO)O2)C(C)(CC2(C(=O)O)CC(O)C(NC(C)=O)C(C(O)C(O)CO)O2)C(C(C)C)C(C)C)CC(O)C1C. The van der Waals surface area contributed by atoms with Crippen molar-refractivity contribution in [1.29, 1.82) is 0 Å². The normalized spacial score (nSPS) is 36.6. The first kappa shape index (κ1) is 57.4. The van der Waals surface area contributed by atoms with Gasteiger partial charge in [-0.3, -0.25) is 9.59 Å². The fourth-order valence-electron chi connectivity index (χ4n) is 11.7. The van der Waals surface area contributed by atoms with Crippen LogP contribution in [-0.2, 0) is 38.2 Å². The summed E-state index contributed by atoms with van der Waals surface area (Å²) in [5.74, 6) is -13.0. The van der Waals surface area contributed by atoms with Gasteiger partial charge in [0.25, 0.3) is 0 Å². The fraction of sp³-hybridized carbons (Fsp3) is 0.886.